The molecule has 0 saturated heterocycles. The number of aromatic hydroxyl groups is 2. The third-order valence-corrected chi connectivity index (χ3v) is 5.11. The fourth-order valence-corrected chi connectivity index (χ4v) is 3.53. The smallest absolute Gasteiger partial charge is 0.336 e. The molecule has 0 aliphatic heterocycles. The van der Waals surface area contributed by atoms with E-state index in [4.69, 9.17) is 4.42 Å². The van der Waals surface area contributed by atoms with E-state index in [1.165, 1.54) is 6.07 Å². The van der Waals surface area contributed by atoms with Gasteiger partial charge in [0.1, 0.15) is 22.6 Å². The van der Waals surface area contributed by atoms with Gasteiger partial charge in [-0.3, -0.25) is 4.79 Å². The number of hydrogen-bond donors (Lipinski definition) is 3. The third-order valence-electron chi connectivity index (χ3n) is 5.11. The standard InChI is InChI=1S/C25H26O6/c1-13(2)10-19(27)22-23(29)17(11-18(26)14(3)4)25-21(24(22)30)16(12-20(28)31-25)15-8-6-5-7-9-15/h5-9,12-13,26,29-30H,10-11H2,1-4H3. The van der Waals surface area contributed by atoms with E-state index in [2.05, 4.69) is 0 Å². The number of Topliss-reactive ketones (excluding diaryl/α,β-unsaturated/α-hetero) is 1. The first-order valence-electron chi connectivity index (χ1n) is 10.1. The highest BCUT2D eigenvalue weighted by atomic mass is 16.4. The molecule has 2 aromatic carbocycles. The lowest BCUT2D eigenvalue weighted by molar-refractivity contribution is 0.0962. The van der Waals surface area contributed by atoms with Crippen molar-refractivity contribution in [3.8, 4) is 22.6 Å². The van der Waals surface area contributed by atoms with Crippen LogP contribution in [0.25, 0.3) is 22.1 Å². The van der Waals surface area contributed by atoms with E-state index in [0.717, 1.165) is 0 Å². The molecule has 31 heavy (non-hydrogen) atoms. The molecule has 0 bridgehead atoms. The lowest BCUT2D eigenvalue weighted by Crippen LogP contribution is -2.09. The van der Waals surface area contributed by atoms with Gasteiger partial charge in [0.15, 0.2) is 5.78 Å². The summed E-state index contributed by atoms with van der Waals surface area (Å²) in [6.45, 7) is 7.12. The Morgan fingerprint density at radius 3 is 2.29 bits per heavy atom. The summed E-state index contributed by atoms with van der Waals surface area (Å²) in [5, 5.41) is 32.6. The Kier molecular flexibility index (Phi) is 6.20. The molecule has 0 unspecified atom stereocenters. The van der Waals surface area contributed by atoms with Crippen molar-refractivity contribution < 1.29 is 24.5 Å². The van der Waals surface area contributed by atoms with Crippen LogP contribution < -0.4 is 5.63 Å². The maximum Gasteiger partial charge on any atom is 0.336 e. The van der Waals surface area contributed by atoms with Gasteiger partial charge >= 0.3 is 5.63 Å². The zero-order valence-electron chi connectivity index (χ0n) is 18.0. The number of benzene rings is 2. The number of allylic oxidation sites excluding steroid dienone is 2. The highest BCUT2D eigenvalue weighted by molar-refractivity contribution is 6.11. The molecule has 0 aliphatic carbocycles. The van der Waals surface area contributed by atoms with Crippen LogP contribution in [-0.2, 0) is 6.42 Å². The monoisotopic (exact) mass is 422 g/mol. The Balaban J connectivity index is 2.48. The van der Waals surface area contributed by atoms with E-state index in [0.29, 0.717) is 16.7 Å². The van der Waals surface area contributed by atoms with Gasteiger partial charge in [0, 0.05) is 30.0 Å². The largest absolute Gasteiger partial charge is 0.512 e. The van der Waals surface area contributed by atoms with Gasteiger partial charge in [-0.05, 0) is 30.9 Å². The fraction of sp³-hybridized carbons (Fsp3) is 0.280. The highest BCUT2D eigenvalue weighted by Gasteiger charge is 2.28. The normalized spacial score (nSPS) is 11.1. The van der Waals surface area contributed by atoms with Crippen LogP contribution in [0.1, 0.15) is 50.0 Å². The minimum absolute atomic E-state index is 0.000990. The maximum absolute atomic E-state index is 12.9. The fourth-order valence-electron chi connectivity index (χ4n) is 3.53. The van der Waals surface area contributed by atoms with E-state index in [-0.39, 0.29) is 46.6 Å². The van der Waals surface area contributed by atoms with Crippen molar-refractivity contribution in [2.75, 3.05) is 0 Å². The van der Waals surface area contributed by atoms with Crippen molar-refractivity contribution >= 4 is 16.8 Å². The first kappa shape index (κ1) is 22.2. The summed E-state index contributed by atoms with van der Waals surface area (Å²) in [6.07, 6.45) is -0.0494. The van der Waals surface area contributed by atoms with Crippen molar-refractivity contribution in [2.24, 2.45) is 5.92 Å². The summed E-state index contributed by atoms with van der Waals surface area (Å²) >= 11 is 0. The lowest BCUT2D eigenvalue weighted by Gasteiger charge is -2.17. The molecule has 1 heterocycles. The van der Waals surface area contributed by atoms with Gasteiger partial charge in [0.2, 0.25) is 0 Å². The number of hydrogen-bond acceptors (Lipinski definition) is 6. The van der Waals surface area contributed by atoms with Crippen LogP contribution in [0, 0.1) is 5.92 Å². The number of rotatable bonds is 6. The first-order valence-corrected chi connectivity index (χ1v) is 10.1. The van der Waals surface area contributed by atoms with E-state index >= 15 is 0 Å². The summed E-state index contributed by atoms with van der Waals surface area (Å²) in [5.41, 5.74) is 0.732. The predicted molar refractivity (Wildman–Crippen MR) is 120 cm³/mol. The molecule has 0 saturated carbocycles. The molecular weight excluding hydrogens is 396 g/mol. The molecule has 6 heteroatoms. The van der Waals surface area contributed by atoms with Crippen LogP contribution in [0.4, 0.5) is 0 Å². The number of aliphatic hydroxyl groups is 1. The van der Waals surface area contributed by atoms with E-state index in [9.17, 15) is 24.9 Å². The number of carbonyl (C=O) groups is 1. The van der Waals surface area contributed by atoms with Gasteiger partial charge in [-0.25, -0.2) is 4.79 Å². The van der Waals surface area contributed by atoms with Crippen LogP contribution in [0.2, 0.25) is 0 Å². The average Bonchev–Trinajstić information content (AvgIpc) is 2.70. The summed E-state index contributed by atoms with van der Waals surface area (Å²) in [5.74, 6) is -1.40. The third kappa shape index (κ3) is 4.33. The molecule has 162 valence electrons. The van der Waals surface area contributed by atoms with Crippen LogP contribution in [0.3, 0.4) is 0 Å². The predicted octanol–water partition coefficient (Wildman–Crippen LogP) is 5.49. The maximum atomic E-state index is 12.9. The Morgan fingerprint density at radius 2 is 1.71 bits per heavy atom. The summed E-state index contributed by atoms with van der Waals surface area (Å²) in [6, 6.07) is 10.2. The highest BCUT2D eigenvalue weighted by Crippen LogP contribution is 2.44. The quantitative estimate of drug-likeness (QED) is 0.275. The zero-order valence-corrected chi connectivity index (χ0v) is 18.0. The Labute approximate surface area is 180 Å². The van der Waals surface area contributed by atoms with Crippen molar-refractivity contribution in [1.82, 2.24) is 0 Å². The molecule has 3 aromatic rings. The van der Waals surface area contributed by atoms with Gasteiger partial charge in [-0.15, -0.1) is 0 Å². The van der Waals surface area contributed by atoms with Crippen LogP contribution in [0.15, 0.2) is 56.9 Å². The second kappa shape index (κ2) is 8.68. The van der Waals surface area contributed by atoms with Crippen molar-refractivity contribution in [3.05, 3.63) is 69.3 Å². The van der Waals surface area contributed by atoms with E-state index < -0.39 is 22.9 Å². The van der Waals surface area contributed by atoms with E-state index in [1.807, 2.05) is 19.9 Å². The molecule has 6 nitrogen and oxygen atoms in total. The summed E-state index contributed by atoms with van der Waals surface area (Å²) < 4.78 is 5.39. The average molecular weight is 422 g/mol. The summed E-state index contributed by atoms with van der Waals surface area (Å²) in [4.78, 5) is 25.3. The number of fused-ring (bicyclic) bond motifs is 1. The van der Waals surface area contributed by atoms with Gasteiger partial charge in [0.25, 0.3) is 0 Å². The van der Waals surface area contributed by atoms with Gasteiger partial charge in [-0.1, -0.05) is 44.2 Å². The number of carbonyl (C=O) groups excluding carboxylic acids is 1. The second-order valence-corrected chi connectivity index (χ2v) is 8.24. The molecular formula is C25H26O6. The van der Waals surface area contributed by atoms with Crippen molar-refractivity contribution in [3.63, 3.8) is 0 Å². The number of phenolic OH excluding ortho intramolecular Hbond substituents is 2. The van der Waals surface area contributed by atoms with Crippen LogP contribution in [-0.4, -0.2) is 21.1 Å². The number of phenols is 2. The molecule has 0 radical (unpaired) electrons. The van der Waals surface area contributed by atoms with Crippen molar-refractivity contribution in [2.45, 2.75) is 40.5 Å². The van der Waals surface area contributed by atoms with Crippen LogP contribution in [0.5, 0.6) is 11.5 Å². The van der Waals surface area contributed by atoms with E-state index in [1.54, 1.807) is 38.1 Å². The topological polar surface area (TPSA) is 108 Å². The molecule has 1 aromatic heterocycles. The second-order valence-electron chi connectivity index (χ2n) is 8.24. The van der Waals surface area contributed by atoms with Gasteiger partial charge in [-0.2, -0.15) is 0 Å². The minimum atomic E-state index is -0.677. The molecule has 0 atom stereocenters. The molecule has 0 aliphatic rings. The Morgan fingerprint density at radius 1 is 1.06 bits per heavy atom. The molecule has 0 fully saturated rings. The van der Waals surface area contributed by atoms with Gasteiger partial charge in [0.05, 0.1) is 11.1 Å². The molecule has 3 rings (SSSR count). The Hall–Kier alpha value is -3.54. The number of aliphatic hydroxyl groups excluding tert-OH is 1. The Bertz CT molecular complexity index is 1230. The summed E-state index contributed by atoms with van der Waals surface area (Å²) in [7, 11) is 0. The SMILES string of the molecule is CC(C)=C(O)Cc1c(O)c(C(=O)CC(C)C)c(O)c2c(-c3ccccc3)cc(=O)oc12. The minimum Gasteiger partial charge on any atom is -0.512 e. The zero-order chi connectivity index (χ0) is 22.9. The molecule has 3 N–H and O–H groups in total. The van der Waals surface area contributed by atoms with Crippen LogP contribution >= 0.6 is 0 Å². The van der Waals surface area contributed by atoms with Gasteiger partial charge < -0.3 is 19.7 Å². The molecule has 0 spiro atoms. The van der Waals surface area contributed by atoms with Crippen molar-refractivity contribution in [1.29, 1.82) is 0 Å². The molecule has 0 amide bonds. The number of ketones is 1. The first-order chi connectivity index (χ1) is 14.6. The lowest BCUT2D eigenvalue weighted by atomic mass is 9.90.